The number of sulfonamides is 1. The molecule has 8 heteroatoms. The first kappa shape index (κ1) is 14.8. The van der Waals surface area contributed by atoms with Crippen LogP contribution in [-0.4, -0.2) is 32.6 Å². The zero-order valence-corrected chi connectivity index (χ0v) is 10.3. The average Bonchev–Trinajstić information content (AvgIpc) is 2.30. The lowest BCUT2D eigenvalue weighted by Gasteiger charge is -2.14. The van der Waals surface area contributed by atoms with Crippen LogP contribution in [0.3, 0.4) is 0 Å². The molecule has 1 aromatic carbocycles. The van der Waals surface area contributed by atoms with Gasteiger partial charge >= 0.3 is 0 Å². The molecule has 0 fully saturated rings. The Morgan fingerprint density at radius 3 is 2.33 bits per heavy atom. The van der Waals surface area contributed by atoms with Gasteiger partial charge in [-0.05, 0) is 17.7 Å². The predicted octanol–water partition coefficient (Wildman–Crippen LogP) is 0.316. The Hall–Kier alpha value is -1.25. The maximum atomic E-state index is 12.7. The molecule has 0 saturated carbocycles. The summed E-state index contributed by atoms with van der Waals surface area (Å²) in [5.41, 5.74) is 6.35. The van der Waals surface area contributed by atoms with E-state index in [1.807, 2.05) is 0 Å². The number of alkyl halides is 2. The number of aliphatic hydroxyl groups excluding tert-OH is 1. The second-order valence-electron chi connectivity index (χ2n) is 3.84. The van der Waals surface area contributed by atoms with E-state index in [2.05, 4.69) is 0 Å². The fourth-order valence-corrected chi connectivity index (χ4v) is 2.32. The van der Waals surface area contributed by atoms with Crippen molar-refractivity contribution in [2.45, 2.75) is 11.7 Å². The molecule has 5 nitrogen and oxygen atoms in total. The van der Waals surface area contributed by atoms with Gasteiger partial charge in [-0.1, -0.05) is 12.1 Å². The molecule has 0 atom stereocenters. The van der Waals surface area contributed by atoms with Crippen LogP contribution in [0.25, 0.3) is 0 Å². The number of hydrogen-bond acceptors (Lipinski definition) is 4. The number of rotatable bonds is 6. The Kier molecular flexibility index (Phi) is 4.60. The van der Waals surface area contributed by atoms with Crippen molar-refractivity contribution in [3.8, 4) is 0 Å². The minimum absolute atomic E-state index is 0.422. The highest BCUT2D eigenvalue weighted by molar-refractivity contribution is 7.88. The third-order valence-corrected chi connectivity index (χ3v) is 3.42. The van der Waals surface area contributed by atoms with Gasteiger partial charge in [0.15, 0.2) is 0 Å². The maximum Gasteiger partial charge on any atom is 0.283 e. The maximum absolute atomic E-state index is 12.7. The van der Waals surface area contributed by atoms with E-state index in [0.29, 0.717) is 11.3 Å². The van der Waals surface area contributed by atoms with Crippen molar-refractivity contribution in [3.05, 3.63) is 29.8 Å². The van der Waals surface area contributed by atoms with Gasteiger partial charge in [0.2, 0.25) is 10.0 Å². The number of benzene rings is 1. The van der Waals surface area contributed by atoms with Gasteiger partial charge in [0, 0.05) is 5.69 Å². The van der Waals surface area contributed by atoms with E-state index < -0.39 is 34.9 Å². The van der Waals surface area contributed by atoms with E-state index in [0.717, 1.165) is 0 Å². The van der Waals surface area contributed by atoms with E-state index in [9.17, 15) is 17.2 Å². The summed E-state index contributed by atoms with van der Waals surface area (Å²) in [7, 11) is -3.87. The summed E-state index contributed by atoms with van der Waals surface area (Å²) in [6.45, 7) is -2.53. The number of aliphatic hydroxyl groups is 1. The van der Waals surface area contributed by atoms with Crippen LogP contribution in [0.1, 0.15) is 5.56 Å². The highest BCUT2D eigenvalue weighted by Gasteiger charge is 2.29. The fraction of sp³-hybridized carbons (Fsp3) is 0.400. The Bertz CT molecular complexity index is 488. The van der Waals surface area contributed by atoms with Crippen molar-refractivity contribution < 1.29 is 22.3 Å². The van der Waals surface area contributed by atoms with Crippen molar-refractivity contribution in [3.63, 3.8) is 0 Å². The topological polar surface area (TPSA) is 92.4 Å². The zero-order valence-electron chi connectivity index (χ0n) is 9.44. The van der Waals surface area contributed by atoms with Gasteiger partial charge in [-0.15, -0.1) is 0 Å². The number of halogens is 2. The van der Waals surface area contributed by atoms with Gasteiger partial charge in [-0.2, -0.15) is 0 Å². The van der Waals surface area contributed by atoms with Crippen molar-refractivity contribution in [1.29, 1.82) is 0 Å². The number of nitrogens with one attached hydrogen (secondary N) is 1. The molecule has 0 heterocycles. The second kappa shape index (κ2) is 5.59. The molecule has 0 spiro atoms. The van der Waals surface area contributed by atoms with Gasteiger partial charge in [0.25, 0.3) is 5.92 Å². The SMILES string of the molecule is Nc1ccc(CS(=O)(=O)NCC(F)(F)CO)cc1. The quantitative estimate of drug-likeness (QED) is 0.654. The van der Waals surface area contributed by atoms with Crippen LogP contribution >= 0.6 is 0 Å². The van der Waals surface area contributed by atoms with Gasteiger partial charge in [0.1, 0.15) is 6.61 Å². The summed E-state index contributed by atoms with van der Waals surface area (Å²) in [5.74, 6) is -3.89. The van der Waals surface area contributed by atoms with Crippen LogP contribution in [0.2, 0.25) is 0 Å². The normalized spacial score (nSPS) is 12.6. The Morgan fingerprint density at radius 1 is 1.28 bits per heavy atom. The van der Waals surface area contributed by atoms with Crippen LogP contribution in [0.4, 0.5) is 14.5 Å². The van der Waals surface area contributed by atoms with Crippen LogP contribution in [0.15, 0.2) is 24.3 Å². The molecule has 0 saturated heterocycles. The molecular weight excluding hydrogens is 266 g/mol. The molecule has 0 unspecified atom stereocenters. The highest BCUT2D eigenvalue weighted by Crippen LogP contribution is 2.12. The highest BCUT2D eigenvalue weighted by atomic mass is 32.2. The molecule has 18 heavy (non-hydrogen) atoms. The second-order valence-corrected chi connectivity index (χ2v) is 5.64. The first-order chi connectivity index (χ1) is 8.24. The molecule has 102 valence electrons. The van der Waals surface area contributed by atoms with Crippen LogP contribution in [0, 0.1) is 0 Å². The molecule has 4 N–H and O–H groups in total. The van der Waals surface area contributed by atoms with Crippen LogP contribution < -0.4 is 10.5 Å². The Balaban J connectivity index is 2.63. The lowest BCUT2D eigenvalue weighted by molar-refractivity contribution is -0.0437. The summed E-state index contributed by atoms with van der Waals surface area (Å²) < 4.78 is 50.1. The standard InChI is InChI=1S/C10H14F2N2O3S/c11-10(12,7-15)6-14-18(16,17)5-8-1-3-9(13)4-2-8/h1-4,14-15H,5-7,13H2. The number of anilines is 1. The summed E-state index contributed by atoms with van der Waals surface area (Å²) in [6.07, 6.45) is 0. The van der Waals surface area contributed by atoms with Crippen molar-refractivity contribution >= 4 is 15.7 Å². The summed E-state index contributed by atoms with van der Waals surface area (Å²) in [4.78, 5) is 0. The lowest BCUT2D eigenvalue weighted by Crippen LogP contribution is -2.39. The first-order valence-corrected chi connectivity index (χ1v) is 6.70. The minimum Gasteiger partial charge on any atom is -0.399 e. The van der Waals surface area contributed by atoms with E-state index >= 15 is 0 Å². The monoisotopic (exact) mass is 280 g/mol. The van der Waals surface area contributed by atoms with Crippen molar-refractivity contribution in [2.75, 3.05) is 18.9 Å². The largest absolute Gasteiger partial charge is 0.399 e. The van der Waals surface area contributed by atoms with Gasteiger partial charge in [-0.25, -0.2) is 21.9 Å². The molecular formula is C10H14F2N2O3S. The van der Waals surface area contributed by atoms with Crippen LogP contribution in [0.5, 0.6) is 0 Å². The third kappa shape index (κ3) is 4.94. The number of nitrogen functional groups attached to an aromatic ring is 1. The average molecular weight is 280 g/mol. The molecule has 1 rings (SSSR count). The predicted molar refractivity (Wildman–Crippen MR) is 63.5 cm³/mol. The molecule has 1 aromatic rings. The van der Waals surface area contributed by atoms with E-state index in [1.165, 1.54) is 24.3 Å². The Morgan fingerprint density at radius 2 is 1.83 bits per heavy atom. The first-order valence-electron chi connectivity index (χ1n) is 5.04. The molecule has 0 aliphatic carbocycles. The van der Waals surface area contributed by atoms with Gasteiger partial charge in [-0.3, -0.25) is 0 Å². The summed E-state index contributed by atoms with van der Waals surface area (Å²) >= 11 is 0. The molecule has 0 aromatic heterocycles. The van der Waals surface area contributed by atoms with Crippen LogP contribution in [-0.2, 0) is 15.8 Å². The number of nitrogens with two attached hydrogens (primary N) is 1. The Labute approximate surface area is 104 Å². The van der Waals surface area contributed by atoms with Crippen molar-refractivity contribution in [2.24, 2.45) is 0 Å². The van der Waals surface area contributed by atoms with Gasteiger partial charge in [0.05, 0.1) is 12.3 Å². The van der Waals surface area contributed by atoms with E-state index in [4.69, 9.17) is 10.8 Å². The molecule has 0 aliphatic heterocycles. The minimum atomic E-state index is -3.87. The molecule has 0 radical (unpaired) electrons. The third-order valence-electron chi connectivity index (χ3n) is 2.12. The fourth-order valence-electron chi connectivity index (χ4n) is 1.16. The molecule has 0 bridgehead atoms. The summed E-state index contributed by atoms with van der Waals surface area (Å²) in [5, 5.41) is 8.31. The number of hydrogen-bond donors (Lipinski definition) is 3. The molecule has 0 aliphatic rings. The molecule has 0 amide bonds. The smallest absolute Gasteiger partial charge is 0.283 e. The van der Waals surface area contributed by atoms with Gasteiger partial charge < -0.3 is 10.8 Å². The van der Waals surface area contributed by atoms with E-state index in [-0.39, 0.29) is 0 Å². The zero-order chi connectivity index (χ0) is 13.8. The lowest BCUT2D eigenvalue weighted by atomic mass is 10.2. The van der Waals surface area contributed by atoms with E-state index in [1.54, 1.807) is 4.72 Å². The summed E-state index contributed by atoms with van der Waals surface area (Å²) in [6, 6.07) is 6.04. The van der Waals surface area contributed by atoms with Crippen molar-refractivity contribution in [1.82, 2.24) is 4.72 Å².